The molecule has 0 radical (unpaired) electrons. The first kappa shape index (κ1) is 32.8. The molecule has 0 unspecified atom stereocenters. The molecule has 0 bridgehead atoms. The fourth-order valence-electron chi connectivity index (χ4n) is 6.10. The Bertz CT molecular complexity index is 1390. The lowest BCUT2D eigenvalue weighted by Gasteiger charge is -2.39. The molecule has 2 fully saturated rings. The number of ether oxygens (including phenoxy) is 2. The van der Waals surface area contributed by atoms with Gasteiger partial charge in [-0.2, -0.15) is 0 Å². The summed E-state index contributed by atoms with van der Waals surface area (Å²) in [5.41, 5.74) is 7.60. The van der Waals surface area contributed by atoms with E-state index in [2.05, 4.69) is 40.5 Å². The predicted octanol–water partition coefficient (Wildman–Crippen LogP) is 5.56. The van der Waals surface area contributed by atoms with E-state index in [-0.39, 0.29) is 31.1 Å². The largest absolute Gasteiger partial charge is 0.392 e. The van der Waals surface area contributed by atoms with Crippen LogP contribution in [0, 0.1) is 0 Å². The fraction of sp³-hybridized carbons (Fsp3) is 0.444. The highest BCUT2D eigenvalue weighted by molar-refractivity contribution is 5.76. The second-order valence-corrected chi connectivity index (χ2v) is 12.1. The molecule has 45 heavy (non-hydrogen) atoms. The maximum absolute atomic E-state index is 12.3. The number of aliphatic hydroxyl groups excluding tert-OH is 1. The second-order valence-electron chi connectivity index (χ2n) is 12.1. The lowest BCUT2D eigenvalue weighted by atomic mass is 9.98. The summed E-state index contributed by atoms with van der Waals surface area (Å²) < 4.78 is 13.2. The average Bonchev–Trinajstić information content (AvgIpc) is 3.09. The van der Waals surface area contributed by atoms with E-state index in [1.54, 1.807) is 5.48 Å². The van der Waals surface area contributed by atoms with Gasteiger partial charge >= 0.3 is 0 Å². The Morgan fingerprint density at radius 2 is 1.51 bits per heavy atom. The molecule has 0 aliphatic carbocycles. The number of carbonyl (C=O) groups is 2. The molecule has 2 heterocycles. The third-order valence-corrected chi connectivity index (χ3v) is 8.62. The molecule has 4 N–H and O–H groups in total. The van der Waals surface area contributed by atoms with Crippen LogP contribution in [0.1, 0.15) is 86.0 Å². The number of nitrogens with one attached hydrogen (secondary N) is 2. The molecule has 9 heteroatoms. The molecular weight excluding hydrogens is 570 g/mol. The lowest BCUT2D eigenvalue weighted by Crippen LogP contribution is -2.41. The van der Waals surface area contributed by atoms with E-state index in [1.807, 2.05) is 42.5 Å². The van der Waals surface area contributed by atoms with Crippen molar-refractivity contribution in [1.82, 2.24) is 15.7 Å². The van der Waals surface area contributed by atoms with Crippen LogP contribution < -0.4 is 10.8 Å². The molecule has 2 aliphatic rings. The number of hydroxylamine groups is 1. The second kappa shape index (κ2) is 16.6. The van der Waals surface area contributed by atoms with E-state index in [0.717, 1.165) is 59.4 Å². The Labute approximate surface area is 265 Å². The van der Waals surface area contributed by atoms with Crippen LogP contribution in [0.4, 0.5) is 0 Å². The van der Waals surface area contributed by atoms with Gasteiger partial charge < -0.3 is 24.8 Å². The maximum atomic E-state index is 12.3. The van der Waals surface area contributed by atoms with Gasteiger partial charge in [-0.1, -0.05) is 67.1 Å². The maximum Gasteiger partial charge on any atom is 0.243 e. The van der Waals surface area contributed by atoms with Crippen molar-refractivity contribution < 1.29 is 29.4 Å². The van der Waals surface area contributed by atoms with Crippen LogP contribution in [0.3, 0.4) is 0 Å². The number of unbranched alkanes of at least 4 members (excludes halogenated alkanes) is 1. The number of benzene rings is 3. The van der Waals surface area contributed by atoms with Crippen LogP contribution in [0.15, 0.2) is 72.8 Å². The van der Waals surface area contributed by atoms with Gasteiger partial charge in [0.25, 0.3) is 0 Å². The zero-order chi connectivity index (χ0) is 31.4. The number of hydrogen-bond acceptors (Lipinski definition) is 7. The van der Waals surface area contributed by atoms with Gasteiger partial charge in [-0.3, -0.25) is 14.8 Å². The number of hydrogen-bond donors (Lipinski definition) is 4. The van der Waals surface area contributed by atoms with Crippen LogP contribution in [0.2, 0.25) is 0 Å². The van der Waals surface area contributed by atoms with Crippen molar-refractivity contribution in [2.45, 2.75) is 83.0 Å². The van der Waals surface area contributed by atoms with Gasteiger partial charge in [-0.05, 0) is 78.7 Å². The van der Waals surface area contributed by atoms with Crippen LogP contribution >= 0.6 is 0 Å². The van der Waals surface area contributed by atoms with Gasteiger partial charge in [0, 0.05) is 37.9 Å². The Balaban J connectivity index is 1.26. The molecule has 3 atom stereocenters. The number of amides is 2. The van der Waals surface area contributed by atoms with Gasteiger partial charge in [0.1, 0.15) is 0 Å². The first-order valence-electron chi connectivity index (χ1n) is 16.1. The summed E-state index contributed by atoms with van der Waals surface area (Å²) in [5, 5.41) is 21.1. The van der Waals surface area contributed by atoms with E-state index in [4.69, 9.17) is 14.7 Å². The SMILES string of the molecule is O=C(CCCCC(=O)NCc1cccc(-c2cccc([C@@H]3O[C@H](CN4CCCCC4)C[C@H](c4ccc(CO)cc4)O3)c2)c1)NO. The molecule has 9 nitrogen and oxygen atoms in total. The van der Waals surface area contributed by atoms with Gasteiger partial charge in [-0.15, -0.1) is 0 Å². The molecule has 2 aliphatic heterocycles. The Kier molecular flexibility index (Phi) is 12.1. The molecule has 3 aromatic rings. The van der Waals surface area contributed by atoms with E-state index < -0.39 is 12.2 Å². The van der Waals surface area contributed by atoms with E-state index in [1.165, 1.54) is 19.3 Å². The number of carbonyl (C=O) groups excluding carboxylic acids is 2. The summed E-state index contributed by atoms with van der Waals surface area (Å²) in [6.45, 7) is 3.53. The van der Waals surface area contributed by atoms with Crippen molar-refractivity contribution in [2.24, 2.45) is 0 Å². The van der Waals surface area contributed by atoms with Gasteiger partial charge in [0.15, 0.2) is 6.29 Å². The minimum atomic E-state index is -0.512. The van der Waals surface area contributed by atoms with E-state index in [9.17, 15) is 14.7 Å². The molecule has 2 amide bonds. The summed E-state index contributed by atoms with van der Waals surface area (Å²) in [4.78, 5) is 26.0. The predicted molar refractivity (Wildman–Crippen MR) is 171 cm³/mol. The normalized spacial score (nSPS) is 20.4. The minimum Gasteiger partial charge on any atom is -0.392 e. The molecule has 0 saturated carbocycles. The highest BCUT2D eigenvalue weighted by Gasteiger charge is 2.33. The van der Waals surface area contributed by atoms with E-state index in [0.29, 0.717) is 25.8 Å². The van der Waals surface area contributed by atoms with Crippen molar-refractivity contribution in [3.63, 3.8) is 0 Å². The van der Waals surface area contributed by atoms with Crippen molar-refractivity contribution in [3.05, 3.63) is 95.1 Å². The van der Waals surface area contributed by atoms with Crippen molar-refractivity contribution >= 4 is 11.8 Å². The van der Waals surface area contributed by atoms with Crippen molar-refractivity contribution in [2.75, 3.05) is 19.6 Å². The van der Waals surface area contributed by atoms with Crippen molar-refractivity contribution in [1.29, 1.82) is 0 Å². The monoisotopic (exact) mass is 615 g/mol. The lowest BCUT2D eigenvalue weighted by molar-refractivity contribution is -0.253. The van der Waals surface area contributed by atoms with Crippen LogP contribution in [0.5, 0.6) is 0 Å². The smallest absolute Gasteiger partial charge is 0.243 e. The average molecular weight is 616 g/mol. The Morgan fingerprint density at radius 3 is 2.24 bits per heavy atom. The first-order valence-corrected chi connectivity index (χ1v) is 16.1. The standard InChI is InChI=1S/C36H45N3O6/c40-25-26-14-16-28(17-15-26)33-22-32(24-39-18-4-1-5-19-39)44-36(45-33)31-11-7-10-30(21-31)29-9-6-8-27(20-29)23-37-34(41)12-2-3-13-35(42)38-43/h6-11,14-17,20-21,32-33,36,40,43H,1-5,12-13,18-19,22-25H2,(H,37,41)(H,38,42)/t32-,33+,36+/m0/s1. The topological polar surface area (TPSA) is 120 Å². The summed E-state index contributed by atoms with van der Waals surface area (Å²) in [5.74, 6) is -0.512. The number of aliphatic hydroxyl groups is 1. The number of rotatable bonds is 13. The summed E-state index contributed by atoms with van der Waals surface area (Å²) in [6, 6.07) is 24.4. The Morgan fingerprint density at radius 1 is 0.800 bits per heavy atom. The third kappa shape index (κ3) is 9.69. The summed E-state index contributed by atoms with van der Waals surface area (Å²) in [7, 11) is 0. The van der Waals surface area contributed by atoms with E-state index >= 15 is 0 Å². The molecule has 5 rings (SSSR count). The van der Waals surface area contributed by atoms with Crippen LogP contribution in [-0.2, 0) is 32.2 Å². The Hall–Kier alpha value is -3.60. The number of nitrogens with zero attached hydrogens (tertiary/aromatic N) is 1. The van der Waals surface area contributed by atoms with Crippen LogP contribution in [0.25, 0.3) is 11.1 Å². The van der Waals surface area contributed by atoms with Crippen molar-refractivity contribution in [3.8, 4) is 11.1 Å². The molecule has 0 spiro atoms. The number of piperidine rings is 1. The minimum absolute atomic E-state index is 0.0167. The van der Waals surface area contributed by atoms with Gasteiger partial charge in [0.05, 0.1) is 18.8 Å². The zero-order valence-corrected chi connectivity index (χ0v) is 25.8. The molecule has 0 aromatic heterocycles. The molecule has 3 aromatic carbocycles. The fourth-order valence-corrected chi connectivity index (χ4v) is 6.10. The van der Waals surface area contributed by atoms with Crippen LogP contribution in [-0.4, -0.2) is 52.8 Å². The third-order valence-electron chi connectivity index (χ3n) is 8.62. The van der Waals surface area contributed by atoms with Gasteiger partial charge in [-0.25, -0.2) is 5.48 Å². The van der Waals surface area contributed by atoms with Gasteiger partial charge in [0.2, 0.25) is 11.8 Å². The highest BCUT2D eigenvalue weighted by atomic mass is 16.7. The quantitative estimate of drug-likeness (QED) is 0.113. The molecule has 2 saturated heterocycles. The summed E-state index contributed by atoms with van der Waals surface area (Å²) >= 11 is 0. The summed E-state index contributed by atoms with van der Waals surface area (Å²) in [6.07, 6.45) is 5.57. The number of likely N-dealkylation sites (tertiary alicyclic amines) is 1. The first-order chi connectivity index (χ1) is 22.0. The molecule has 240 valence electrons. The highest BCUT2D eigenvalue weighted by Crippen LogP contribution is 2.39. The zero-order valence-electron chi connectivity index (χ0n) is 25.8. The molecular formula is C36H45N3O6.